The van der Waals surface area contributed by atoms with Crippen LogP contribution >= 0.6 is 0 Å². The molecule has 1 fully saturated rings. The van der Waals surface area contributed by atoms with Gasteiger partial charge in [0.1, 0.15) is 0 Å². The van der Waals surface area contributed by atoms with Crippen molar-refractivity contribution in [3.05, 3.63) is 35.9 Å². The summed E-state index contributed by atoms with van der Waals surface area (Å²) < 4.78 is 11.0. The van der Waals surface area contributed by atoms with Crippen molar-refractivity contribution in [2.75, 3.05) is 6.61 Å². The lowest BCUT2D eigenvalue weighted by molar-refractivity contribution is 0.113. The highest BCUT2D eigenvalue weighted by molar-refractivity contribution is 5.13. The Labute approximate surface area is 91.2 Å². The highest BCUT2D eigenvalue weighted by Crippen LogP contribution is 2.27. The Kier molecular flexibility index (Phi) is 3.75. The van der Waals surface area contributed by atoms with Crippen molar-refractivity contribution < 1.29 is 9.47 Å². The van der Waals surface area contributed by atoms with Gasteiger partial charge in [0.2, 0.25) is 0 Å². The van der Waals surface area contributed by atoms with Crippen LogP contribution in [0.1, 0.15) is 25.3 Å². The van der Waals surface area contributed by atoms with Gasteiger partial charge in [-0.25, -0.2) is 0 Å². The maximum Gasteiger partial charge on any atom is 0.0863 e. The summed E-state index contributed by atoms with van der Waals surface area (Å²) in [6.07, 6.45) is 3.13. The van der Waals surface area contributed by atoms with Crippen molar-refractivity contribution in [1.82, 2.24) is 0 Å². The zero-order valence-corrected chi connectivity index (χ0v) is 9.19. The molecule has 2 rings (SSSR count). The second-order valence-corrected chi connectivity index (χ2v) is 3.95. The van der Waals surface area contributed by atoms with E-state index in [9.17, 15) is 0 Å². The minimum Gasteiger partial charge on any atom is -0.377 e. The molecule has 15 heavy (non-hydrogen) atoms. The van der Waals surface area contributed by atoms with Crippen LogP contribution in [-0.2, 0) is 16.1 Å². The zero-order chi connectivity index (χ0) is 10.5. The van der Waals surface area contributed by atoms with Crippen molar-refractivity contribution in [1.29, 1.82) is 0 Å². The molecule has 2 atom stereocenters. The molecule has 0 aromatic heterocycles. The molecule has 2 nitrogen and oxygen atoms in total. The number of benzene rings is 1. The second kappa shape index (κ2) is 5.29. The number of ether oxygens (including phenoxy) is 2. The molecule has 1 aliphatic rings. The smallest absolute Gasteiger partial charge is 0.0863 e. The fourth-order valence-electron chi connectivity index (χ4n) is 1.76. The van der Waals surface area contributed by atoms with Gasteiger partial charge in [0.25, 0.3) is 0 Å². The van der Waals surface area contributed by atoms with E-state index in [0.29, 0.717) is 18.8 Å². The van der Waals surface area contributed by atoms with Crippen molar-refractivity contribution in [3.63, 3.8) is 0 Å². The summed E-state index contributed by atoms with van der Waals surface area (Å²) in [5.74, 6) is 0. The van der Waals surface area contributed by atoms with Crippen LogP contribution in [0, 0.1) is 0 Å². The van der Waals surface area contributed by atoms with Crippen LogP contribution in [0.25, 0.3) is 0 Å². The molecule has 0 saturated carbocycles. The van der Waals surface area contributed by atoms with Gasteiger partial charge in [-0.15, -0.1) is 0 Å². The standard InChI is InChI=1S/C13H18O2/c1-2-12-13(15-12)8-9-14-10-11-6-4-3-5-7-11/h3-7,12-13H,2,8-10H2,1H3/t12-,13-/m0/s1. The highest BCUT2D eigenvalue weighted by atomic mass is 16.6. The molecule has 0 radical (unpaired) electrons. The Balaban J connectivity index is 1.56. The molecular weight excluding hydrogens is 188 g/mol. The lowest BCUT2D eigenvalue weighted by Crippen LogP contribution is -2.01. The van der Waals surface area contributed by atoms with E-state index in [2.05, 4.69) is 19.1 Å². The van der Waals surface area contributed by atoms with Crippen molar-refractivity contribution in [2.24, 2.45) is 0 Å². The van der Waals surface area contributed by atoms with E-state index < -0.39 is 0 Å². The average molecular weight is 206 g/mol. The molecule has 1 heterocycles. The molecule has 1 aromatic rings. The summed E-state index contributed by atoms with van der Waals surface area (Å²) in [5.41, 5.74) is 1.24. The minimum atomic E-state index is 0.464. The molecule has 1 saturated heterocycles. The van der Waals surface area contributed by atoms with E-state index in [4.69, 9.17) is 9.47 Å². The first kappa shape index (κ1) is 10.7. The fraction of sp³-hybridized carbons (Fsp3) is 0.538. The average Bonchev–Trinajstić information content (AvgIpc) is 3.05. The van der Waals surface area contributed by atoms with E-state index in [1.54, 1.807) is 0 Å². The molecule has 0 unspecified atom stereocenters. The van der Waals surface area contributed by atoms with Crippen LogP contribution in [0.15, 0.2) is 30.3 Å². The normalized spacial score (nSPS) is 24.1. The summed E-state index contributed by atoms with van der Waals surface area (Å²) >= 11 is 0. The summed E-state index contributed by atoms with van der Waals surface area (Å²) in [7, 11) is 0. The van der Waals surface area contributed by atoms with E-state index in [1.807, 2.05) is 18.2 Å². The quantitative estimate of drug-likeness (QED) is 0.527. The first-order valence-electron chi connectivity index (χ1n) is 5.67. The van der Waals surface area contributed by atoms with Crippen LogP contribution in [0.3, 0.4) is 0 Å². The number of hydrogen-bond donors (Lipinski definition) is 0. The number of hydrogen-bond acceptors (Lipinski definition) is 2. The number of epoxide rings is 1. The molecule has 0 aliphatic carbocycles. The lowest BCUT2D eigenvalue weighted by Gasteiger charge is -2.02. The third-order valence-electron chi connectivity index (χ3n) is 2.75. The molecule has 2 heteroatoms. The molecule has 1 aliphatic heterocycles. The van der Waals surface area contributed by atoms with Gasteiger partial charge in [0.05, 0.1) is 18.8 Å². The molecule has 0 N–H and O–H groups in total. The van der Waals surface area contributed by atoms with Gasteiger partial charge >= 0.3 is 0 Å². The van der Waals surface area contributed by atoms with Crippen molar-refractivity contribution >= 4 is 0 Å². The van der Waals surface area contributed by atoms with E-state index in [1.165, 1.54) is 5.56 Å². The minimum absolute atomic E-state index is 0.464. The van der Waals surface area contributed by atoms with E-state index in [0.717, 1.165) is 19.4 Å². The largest absolute Gasteiger partial charge is 0.377 e. The van der Waals surface area contributed by atoms with Gasteiger partial charge in [-0.3, -0.25) is 0 Å². The summed E-state index contributed by atoms with van der Waals surface area (Å²) in [6.45, 7) is 3.68. The van der Waals surface area contributed by atoms with Gasteiger partial charge in [0.15, 0.2) is 0 Å². The summed E-state index contributed by atoms with van der Waals surface area (Å²) in [4.78, 5) is 0. The van der Waals surface area contributed by atoms with Gasteiger partial charge < -0.3 is 9.47 Å². The Morgan fingerprint density at radius 1 is 1.20 bits per heavy atom. The van der Waals surface area contributed by atoms with Gasteiger partial charge in [0, 0.05) is 6.61 Å². The first-order valence-corrected chi connectivity index (χ1v) is 5.67. The SMILES string of the molecule is CC[C@@H]1O[C@H]1CCOCc1ccccc1. The van der Waals surface area contributed by atoms with E-state index >= 15 is 0 Å². The Morgan fingerprint density at radius 2 is 2.00 bits per heavy atom. The molecule has 0 spiro atoms. The molecule has 1 aromatic carbocycles. The Bertz CT molecular complexity index is 284. The van der Waals surface area contributed by atoms with Crippen LogP contribution in [-0.4, -0.2) is 18.8 Å². The topological polar surface area (TPSA) is 21.8 Å². The van der Waals surface area contributed by atoms with Crippen LogP contribution in [0.5, 0.6) is 0 Å². The fourth-order valence-corrected chi connectivity index (χ4v) is 1.76. The Morgan fingerprint density at radius 3 is 2.67 bits per heavy atom. The van der Waals surface area contributed by atoms with Gasteiger partial charge in [-0.2, -0.15) is 0 Å². The van der Waals surface area contributed by atoms with Crippen LogP contribution in [0.2, 0.25) is 0 Å². The highest BCUT2D eigenvalue weighted by Gasteiger charge is 2.35. The summed E-state index contributed by atoms with van der Waals surface area (Å²) in [5, 5.41) is 0. The number of rotatable bonds is 6. The third kappa shape index (κ3) is 3.33. The van der Waals surface area contributed by atoms with Crippen molar-refractivity contribution in [3.8, 4) is 0 Å². The molecular formula is C13H18O2. The maximum absolute atomic E-state index is 5.58. The monoisotopic (exact) mass is 206 g/mol. The zero-order valence-electron chi connectivity index (χ0n) is 9.19. The van der Waals surface area contributed by atoms with Crippen molar-refractivity contribution in [2.45, 2.75) is 38.6 Å². The molecule has 0 bridgehead atoms. The Hall–Kier alpha value is -0.860. The third-order valence-corrected chi connectivity index (χ3v) is 2.75. The first-order chi connectivity index (χ1) is 7.40. The van der Waals surface area contributed by atoms with Crippen LogP contribution in [0.4, 0.5) is 0 Å². The summed E-state index contributed by atoms with van der Waals surface area (Å²) in [6, 6.07) is 10.3. The lowest BCUT2D eigenvalue weighted by atomic mass is 10.2. The predicted octanol–water partition coefficient (Wildman–Crippen LogP) is 2.77. The maximum atomic E-state index is 5.58. The van der Waals surface area contributed by atoms with Gasteiger partial charge in [-0.05, 0) is 18.4 Å². The molecule has 82 valence electrons. The molecule has 0 amide bonds. The van der Waals surface area contributed by atoms with Crippen LogP contribution < -0.4 is 0 Å². The van der Waals surface area contributed by atoms with Gasteiger partial charge in [-0.1, -0.05) is 37.3 Å². The van der Waals surface area contributed by atoms with E-state index in [-0.39, 0.29) is 0 Å². The second-order valence-electron chi connectivity index (χ2n) is 3.95. The predicted molar refractivity (Wildman–Crippen MR) is 59.7 cm³/mol.